The zero-order valence-corrected chi connectivity index (χ0v) is 11.5. The van der Waals surface area contributed by atoms with Gasteiger partial charge in [-0.1, -0.05) is 19.9 Å². The normalized spacial score (nSPS) is 12.1. The van der Waals surface area contributed by atoms with Crippen LogP contribution in [0.5, 0.6) is 0 Å². The van der Waals surface area contributed by atoms with Gasteiger partial charge in [0.25, 0.3) is 0 Å². The Morgan fingerprint density at radius 2 is 2.00 bits per heavy atom. The van der Waals surface area contributed by atoms with Crippen molar-refractivity contribution in [2.24, 2.45) is 0 Å². The van der Waals surface area contributed by atoms with Gasteiger partial charge >= 0.3 is 6.18 Å². The molecule has 0 radical (unpaired) electrons. The summed E-state index contributed by atoms with van der Waals surface area (Å²) in [6, 6.07) is 3.23. The molecule has 2 rings (SSSR count). The summed E-state index contributed by atoms with van der Waals surface area (Å²) in [7, 11) is 0. The molecule has 0 aliphatic rings. The van der Waals surface area contributed by atoms with Crippen molar-refractivity contribution in [3.8, 4) is 11.5 Å². The lowest BCUT2D eigenvalue weighted by Gasteiger charge is -2.09. The number of benzene rings is 1. The Labute approximate surface area is 119 Å². The lowest BCUT2D eigenvalue weighted by atomic mass is 10.1. The largest absolute Gasteiger partial charge is 0.444 e. The number of hydrogen-bond acceptors (Lipinski definition) is 3. The first kappa shape index (κ1) is 15.5. The number of hydrogen-bond donors (Lipinski definition) is 1. The van der Waals surface area contributed by atoms with E-state index < -0.39 is 17.6 Å². The van der Waals surface area contributed by atoms with Gasteiger partial charge in [0.05, 0.1) is 16.8 Å². The van der Waals surface area contributed by atoms with E-state index in [1.54, 1.807) is 0 Å². The van der Waals surface area contributed by atoms with E-state index in [4.69, 9.17) is 4.42 Å². The van der Waals surface area contributed by atoms with Crippen LogP contribution in [0, 0.1) is 5.82 Å². The molecule has 0 aliphatic heterocycles. The maximum atomic E-state index is 13.9. The molecular formula is C14H14F4N2O. The van der Waals surface area contributed by atoms with Crippen LogP contribution >= 0.6 is 0 Å². The maximum Gasteiger partial charge on any atom is 0.419 e. The molecule has 7 heteroatoms. The number of oxazole rings is 1. The van der Waals surface area contributed by atoms with Crippen molar-refractivity contribution in [2.45, 2.75) is 32.6 Å². The van der Waals surface area contributed by atoms with Gasteiger partial charge in [-0.05, 0) is 12.1 Å². The summed E-state index contributed by atoms with van der Waals surface area (Å²) >= 11 is 0. The first-order valence-corrected chi connectivity index (χ1v) is 6.33. The first-order chi connectivity index (χ1) is 9.79. The number of nitrogens with one attached hydrogen (secondary N) is 1. The predicted octanol–water partition coefficient (Wildman–Crippen LogP) is 4.00. The van der Waals surface area contributed by atoms with Crippen LogP contribution in [-0.4, -0.2) is 11.0 Å². The standard InChI is InChI=1S/C14H14F4N2O/c1-8(2)19-6-9-7-21-13(20-9)10-4-3-5-11(12(10)15)14(16,17)18/h3-5,7-8,19H,6H2,1-2H3. The smallest absolute Gasteiger partial charge is 0.419 e. The molecule has 0 unspecified atom stereocenters. The molecule has 0 amide bonds. The summed E-state index contributed by atoms with van der Waals surface area (Å²) < 4.78 is 57.0. The highest BCUT2D eigenvalue weighted by molar-refractivity contribution is 5.56. The minimum atomic E-state index is -4.76. The van der Waals surface area contributed by atoms with Crippen LogP contribution in [0.15, 0.2) is 28.9 Å². The van der Waals surface area contributed by atoms with Crippen LogP contribution < -0.4 is 5.32 Å². The van der Waals surface area contributed by atoms with E-state index in [1.807, 2.05) is 13.8 Å². The van der Waals surface area contributed by atoms with Crippen molar-refractivity contribution in [3.63, 3.8) is 0 Å². The molecule has 0 spiro atoms. The van der Waals surface area contributed by atoms with Gasteiger partial charge in [-0.15, -0.1) is 0 Å². The Morgan fingerprint density at radius 3 is 2.62 bits per heavy atom. The Kier molecular flexibility index (Phi) is 4.32. The fourth-order valence-corrected chi connectivity index (χ4v) is 1.74. The SMILES string of the molecule is CC(C)NCc1coc(-c2cccc(C(F)(F)F)c2F)n1. The van der Waals surface area contributed by atoms with E-state index in [0.29, 0.717) is 18.3 Å². The second kappa shape index (κ2) is 5.85. The third kappa shape index (κ3) is 3.60. The van der Waals surface area contributed by atoms with Crippen LogP contribution in [0.2, 0.25) is 0 Å². The number of halogens is 4. The fraction of sp³-hybridized carbons (Fsp3) is 0.357. The zero-order valence-electron chi connectivity index (χ0n) is 11.5. The quantitative estimate of drug-likeness (QED) is 0.868. The number of aromatic nitrogens is 1. The molecule has 0 aliphatic carbocycles. The van der Waals surface area contributed by atoms with E-state index in [2.05, 4.69) is 10.3 Å². The van der Waals surface area contributed by atoms with Crippen molar-refractivity contribution < 1.29 is 22.0 Å². The first-order valence-electron chi connectivity index (χ1n) is 6.33. The molecule has 2 aromatic rings. The third-order valence-corrected chi connectivity index (χ3v) is 2.78. The van der Waals surface area contributed by atoms with Gasteiger partial charge < -0.3 is 9.73 Å². The van der Waals surface area contributed by atoms with Gasteiger partial charge in [-0.2, -0.15) is 13.2 Å². The average molecular weight is 302 g/mol. The number of nitrogens with zero attached hydrogens (tertiary/aromatic N) is 1. The van der Waals surface area contributed by atoms with Crippen molar-refractivity contribution in [1.29, 1.82) is 0 Å². The Hall–Kier alpha value is -1.89. The molecule has 1 N–H and O–H groups in total. The molecule has 0 saturated carbocycles. The number of alkyl halides is 3. The molecule has 1 aromatic carbocycles. The minimum Gasteiger partial charge on any atom is -0.444 e. The van der Waals surface area contributed by atoms with Gasteiger partial charge in [-0.25, -0.2) is 9.37 Å². The summed E-state index contributed by atoms with van der Waals surface area (Å²) in [6.07, 6.45) is -3.46. The molecule has 1 heterocycles. The van der Waals surface area contributed by atoms with Crippen molar-refractivity contribution >= 4 is 0 Å². The van der Waals surface area contributed by atoms with Crippen LogP contribution in [0.1, 0.15) is 25.1 Å². The number of rotatable bonds is 4. The molecule has 1 aromatic heterocycles. The molecule has 21 heavy (non-hydrogen) atoms. The molecule has 0 atom stereocenters. The Bertz CT molecular complexity index is 620. The van der Waals surface area contributed by atoms with E-state index in [-0.39, 0.29) is 17.5 Å². The van der Waals surface area contributed by atoms with E-state index in [9.17, 15) is 17.6 Å². The second-order valence-electron chi connectivity index (χ2n) is 4.84. The highest BCUT2D eigenvalue weighted by Crippen LogP contribution is 2.35. The molecule has 0 saturated heterocycles. The summed E-state index contributed by atoms with van der Waals surface area (Å²) in [4.78, 5) is 4.00. The summed E-state index contributed by atoms with van der Waals surface area (Å²) in [5, 5.41) is 3.08. The van der Waals surface area contributed by atoms with Crippen molar-refractivity contribution in [1.82, 2.24) is 10.3 Å². The molecule has 114 valence electrons. The fourth-order valence-electron chi connectivity index (χ4n) is 1.74. The highest BCUT2D eigenvalue weighted by Gasteiger charge is 2.35. The van der Waals surface area contributed by atoms with Crippen molar-refractivity contribution in [2.75, 3.05) is 0 Å². The molecule has 0 bridgehead atoms. The van der Waals surface area contributed by atoms with Crippen molar-refractivity contribution in [3.05, 3.63) is 41.5 Å². The highest BCUT2D eigenvalue weighted by atomic mass is 19.4. The zero-order chi connectivity index (χ0) is 15.6. The third-order valence-electron chi connectivity index (χ3n) is 2.78. The van der Waals surface area contributed by atoms with Crippen LogP contribution in [-0.2, 0) is 12.7 Å². The van der Waals surface area contributed by atoms with Crippen LogP contribution in [0.4, 0.5) is 17.6 Å². The van der Waals surface area contributed by atoms with E-state index in [0.717, 1.165) is 6.07 Å². The van der Waals surface area contributed by atoms with E-state index in [1.165, 1.54) is 12.3 Å². The van der Waals surface area contributed by atoms with Gasteiger partial charge in [-0.3, -0.25) is 0 Å². The van der Waals surface area contributed by atoms with Gasteiger partial charge in [0.2, 0.25) is 5.89 Å². The second-order valence-corrected chi connectivity index (χ2v) is 4.84. The maximum absolute atomic E-state index is 13.9. The van der Waals surface area contributed by atoms with E-state index >= 15 is 0 Å². The molecule has 0 fully saturated rings. The minimum absolute atomic E-state index is 0.167. The Morgan fingerprint density at radius 1 is 1.29 bits per heavy atom. The Balaban J connectivity index is 2.31. The van der Waals surface area contributed by atoms with Gasteiger partial charge in [0, 0.05) is 12.6 Å². The van der Waals surface area contributed by atoms with Crippen LogP contribution in [0.25, 0.3) is 11.5 Å². The molecule has 3 nitrogen and oxygen atoms in total. The lowest BCUT2D eigenvalue weighted by Crippen LogP contribution is -2.21. The van der Waals surface area contributed by atoms with Gasteiger partial charge in [0.1, 0.15) is 12.1 Å². The monoisotopic (exact) mass is 302 g/mol. The topological polar surface area (TPSA) is 38.1 Å². The summed E-state index contributed by atoms with van der Waals surface area (Å²) in [5.41, 5.74) is -1.14. The van der Waals surface area contributed by atoms with Gasteiger partial charge in [0.15, 0.2) is 0 Å². The lowest BCUT2D eigenvalue weighted by molar-refractivity contribution is -0.139. The average Bonchev–Trinajstić information content (AvgIpc) is 2.83. The van der Waals surface area contributed by atoms with Crippen LogP contribution in [0.3, 0.4) is 0 Å². The summed E-state index contributed by atoms with van der Waals surface area (Å²) in [6.45, 7) is 4.27. The summed E-state index contributed by atoms with van der Waals surface area (Å²) in [5.74, 6) is -1.55. The predicted molar refractivity (Wildman–Crippen MR) is 68.9 cm³/mol. The molecular weight excluding hydrogens is 288 g/mol.